The van der Waals surface area contributed by atoms with Crippen LogP contribution in [0.15, 0.2) is 24.3 Å². The normalized spacial score (nSPS) is 12.0. The zero-order valence-electron chi connectivity index (χ0n) is 11.3. The Morgan fingerprint density at radius 3 is 2.44 bits per heavy atom. The van der Waals surface area contributed by atoms with Gasteiger partial charge >= 0.3 is 0 Å². The summed E-state index contributed by atoms with van der Waals surface area (Å²) >= 11 is 0. The quantitative estimate of drug-likeness (QED) is 0.797. The summed E-state index contributed by atoms with van der Waals surface area (Å²) in [5, 5.41) is 11.6. The third kappa shape index (κ3) is 4.75. The van der Waals surface area contributed by atoms with Gasteiger partial charge in [-0.05, 0) is 31.0 Å². The van der Waals surface area contributed by atoms with Crippen molar-refractivity contribution in [2.75, 3.05) is 25.6 Å². The van der Waals surface area contributed by atoms with Gasteiger partial charge in [0.25, 0.3) is 0 Å². The maximum absolute atomic E-state index is 11.5. The van der Waals surface area contributed by atoms with Gasteiger partial charge in [0.2, 0.25) is 5.91 Å². The van der Waals surface area contributed by atoms with Crippen molar-refractivity contribution in [2.24, 2.45) is 0 Å². The van der Waals surface area contributed by atoms with Gasteiger partial charge in [0.15, 0.2) is 0 Å². The van der Waals surface area contributed by atoms with E-state index < -0.39 is 0 Å². The van der Waals surface area contributed by atoms with Crippen LogP contribution < -0.4 is 10.2 Å². The summed E-state index contributed by atoms with van der Waals surface area (Å²) in [6.07, 6.45) is 1.17. The van der Waals surface area contributed by atoms with Crippen molar-refractivity contribution in [3.05, 3.63) is 29.8 Å². The lowest BCUT2D eigenvalue weighted by Crippen LogP contribution is -2.35. The molecule has 1 aromatic carbocycles. The number of carbonyl (C=O) groups excluding carboxylic acids is 1. The molecule has 4 nitrogen and oxygen atoms in total. The molecule has 1 atom stereocenters. The van der Waals surface area contributed by atoms with Gasteiger partial charge in [-0.25, -0.2) is 0 Å². The Balaban J connectivity index is 2.41. The van der Waals surface area contributed by atoms with Crippen molar-refractivity contribution < 1.29 is 9.90 Å². The van der Waals surface area contributed by atoms with Crippen LogP contribution in [0.1, 0.15) is 18.9 Å². The number of nitrogens with one attached hydrogen (secondary N) is 1. The fourth-order valence-electron chi connectivity index (χ4n) is 1.61. The average molecular weight is 250 g/mol. The minimum atomic E-state index is -0.173. The summed E-state index contributed by atoms with van der Waals surface area (Å²) in [6, 6.07) is 8.00. The molecule has 1 amide bonds. The van der Waals surface area contributed by atoms with E-state index >= 15 is 0 Å². The zero-order valence-corrected chi connectivity index (χ0v) is 11.3. The number of amides is 1. The van der Waals surface area contributed by atoms with E-state index in [0.717, 1.165) is 17.7 Å². The van der Waals surface area contributed by atoms with Gasteiger partial charge in [-0.15, -0.1) is 0 Å². The Kier molecular flexibility index (Phi) is 5.65. The van der Waals surface area contributed by atoms with E-state index in [2.05, 4.69) is 5.32 Å². The van der Waals surface area contributed by atoms with Crippen LogP contribution in [-0.2, 0) is 11.2 Å². The molecule has 0 radical (unpaired) electrons. The highest BCUT2D eigenvalue weighted by molar-refractivity contribution is 5.76. The van der Waals surface area contributed by atoms with Crippen LogP contribution in [0, 0.1) is 0 Å². The number of anilines is 1. The summed E-state index contributed by atoms with van der Waals surface area (Å²) in [4.78, 5) is 13.6. The van der Waals surface area contributed by atoms with Crippen molar-refractivity contribution in [2.45, 2.75) is 25.8 Å². The highest BCUT2D eigenvalue weighted by atomic mass is 16.3. The van der Waals surface area contributed by atoms with Gasteiger partial charge in [-0.2, -0.15) is 0 Å². The number of aryl methyl sites for hydroxylation is 1. The molecule has 0 fully saturated rings. The van der Waals surface area contributed by atoms with Crippen LogP contribution >= 0.6 is 0 Å². The average Bonchev–Trinajstić information content (AvgIpc) is 2.36. The molecular weight excluding hydrogens is 228 g/mol. The molecule has 0 unspecified atom stereocenters. The largest absolute Gasteiger partial charge is 0.394 e. The summed E-state index contributed by atoms with van der Waals surface area (Å²) in [5.41, 5.74) is 2.30. The van der Waals surface area contributed by atoms with Gasteiger partial charge < -0.3 is 15.3 Å². The highest BCUT2D eigenvalue weighted by Crippen LogP contribution is 2.13. The molecule has 0 aliphatic rings. The predicted octanol–water partition coefficient (Wildman–Crippen LogP) is 1.18. The van der Waals surface area contributed by atoms with E-state index in [0.29, 0.717) is 6.42 Å². The van der Waals surface area contributed by atoms with Crippen molar-refractivity contribution in [3.8, 4) is 0 Å². The van der Waals surface area contributed by atoms with Crippen molar-refractivity contribution in [3.63, 3.8) is 0 Å². The third-order valence-electron chi connectivity index (χ3n) is 2.77. The minimum absolute atomic E-state index is 0.0202. The lowest BCUT2D eigenvalue weighted by atomic mass is 10.1. The lowest BCUT2D eigenvalue weighted by Gasteiger charge is -2.13. The molecule has 1 rings (SSSR count). The standard InChI is InChI=1S/C14H22N2O2/c1-11(10-17)15-14(18)9-6-12-4-7-13(8-5-12)16(2)3/h4-5,7-8,11,17H,6,9-10H2,1-3H3,(H,15,18)/t11-/m1/s1. The molecule has 2 N–H and O–H groups in total. The Hall–Kier alpha value is -1.55. The second kappa shape index (κ2) is 7.01. The van der Waals surface area contributed by atoms with Crippen LogP contribution in [0.3, 0.4) is 0 Å². The van der Waals surface area contributed by atoms with Gasteiger partial charge in [0.1, 0.15) is 0 Å². The van der Waals surface area contributed by atoms with Crippen LogP contribution in [0.5, 0.6) is 0 Å². The van der Waals surface area contributed by atoms with Gasteiger partial charge in [-0.1, -0.05) is 12.1 Å². The maximum atomic E-state index is 11.5. The van der Waals surface area contributed by atoms with Crippen molar-refractivity contribution in [1.29, 1.82) is 0 Å². The number of aliphatic hydroxyl groups is 1. The van der Waals surface area contributed by atoms with E-state index in [9.17, 15) is 4.79 Å². The zero-order chi connectivity index (χ0) is 13.5. The van der Waals surface area contributed by atoms with E-state index in [1.54, 1.807) is 6.92 Å². The van der Waals surface area contributed by atoms with Gasteiger partial charge in [0.05, 0.1) is 6.61 Å². The van der Waals surface area contributed by atoms with Crippen molar-refractivity contribution in [1.82, 2.24) is 5.32 Å². The summed E-state index contributed by atoms with van der Waals surface area (Å²) in [5.74, 6) is -0.0202. The number of nitrogens with zero attached hydrogens (tertiary/aromatic N) is 1. The first-order chi connectivity index (χ1) is 8.52. The molecule has 18 heavy (non-hydrogen) atoms. The SMILES string of the molecule is C[C@H](CO)NC(=O)CCc1ccc(N(C)C)cc1. The van der Waals surface area contributed by atoms with E-state index in [-0.39, 0.29) is 18.6 Å². The second-order valence-corrected chi connectivity index (χ2v) is 4.71. The Bertz CT molecular complexity index is 374. The Labute approximate surface area is 109 Å². The fraction of sp³-hybridized carbons (Fsp3) is 0.500. The smallest absolute Gasteiger partial charge is 0.220 e. The molecule has 1 aromatic rings. The first-order valence-corrected chi connectivity index (χ1v) is 6.19. The van der Waals surface area contributed by atoms with E-state index in [1.807, 2.05) is 43.3 Å². The van der Waals surface area contributed by atoms with Crippen LogP contribution in [-0.4, -0.2) is 37.8 Å². The molecule has 0 aliphatic carbocycles. The summed E-state index contributed by atoms with van der Waals surface area (Å²) in [7, 11) is 4.00. The Morgan fingerprint density at radius 2 is 1.94 bits per heavy atom. The number of rotatable bonds is 6. The van der Waals surface area contributed by atoms with E-state index in [4.69, 9.17) is 5.11 Å². The first kappa shape index (κ1) is 14.5. The minimum Gasteiger partial charge on any atom is -0.394 e. The van der Waals surface area contributed by atoms with Crippen LogP contribution in [0.2, 0.25) is 0 Å². The molecular formula is C14H22N2O2. The van der Waals surface area contributed by atoms with Crippen LogP contribution in [0.4, 0.5) is 5.69 Å². The molecule has 0 spiro atoms. The fourth-order valence-corrected chi connectivity index (χ4v) is 1.61. The number of carbonyl (C=O) groups is 1. The topological polar surface area (TPSA) is 52.6 Å². The maximum Gasteiger partial charge on any atom is 0.220 e. The molecule has 0 aliphatic heterocycles. The van der Waals surface area contributed by atoms with Crippen molar-refractivity contribution >= 4 is 11.6 Å². The molecule has 0 aromatic heterocycles. The van der Waals surface area contributed by atoms with Gasteiger partial charge in [-0.3, -0.25) is 4.79 Å². The molecule has 0 bridgehead atoms. The van der Waals surface area contributed by atoms with Gasteiger partial charge in [0, 0.05) is 32.2 Å². The number of hydrogen-bond acceptors (Lipinski definition) is 3. The number of aliphatic hydroxyl groups excluding tert-OH is 1. The molecule has 0 saturated heterocycles. The molecule has 0 heterocycles. The summed E-state index contributed by atoms with van der Waals surface area (Å²) < 4.78 is 0. The molecule has 0 saturated carbocycles. The monoisotopic (exact) mass is 250 g/mol. The Morgan fingerprint density at radius 1 is 1.33 bits per heavy atom. The lowest BCUT2D eigenvalue weighted by molar-refractivity contribution is -0.121. The summed E-state index contributed by atoms with van der Waals surface area (Å²) in [6.45, 7) is 1.76. The number of benzene rings is 1. The highest BCUT2D eigenvalue weighted by Gasteiger charge is 2.06. The number of hydrogen-bond donors (Lipinski definition) is 2. The van der Waals surface area contributed by atoms with E-state index in [1.165, 1.54) is 0 Å². The molecule has 4 heteroatoms. The molecule has 100 valence electrons. The van der Waals surface area contributed by atoms with Crippen LogP contribution in [0.25, 0.3) is 0 Å². The second-order valence-electron chi connectivity index (χ2n) is 4.71. The first-order valence-electron chi connectivity index (χ1n) is 6.19. The predicted molar refractivity (Wildman–Crippen MR) is 73.8 cm³/mol. The third-order valence-corrected chi connectivity index (χ3v) is 2.77.